The Bertz CT molecular complexity index is 487. The molecule has 5 nitrogen and oxygen atoms in total. The number of hydrogen-bond acceptors (Lipinski definition) is 4. The van der Waals surface area contributed by atoms with Crippen molar-refractivity contribution in [2.24, 2.45) is 0 Å². The van der Waals surface area contributed by atoms with E-state index in [9.17, 15) is 8.42 Å². The predicted octanol–water partition coefficient (Wildman–Crippen LogP) is 0.882. The molecule has 1 fully saturated rings. The van der Waals surface area contributed by atoms with E-state index in [0.717, 1.165) is 18.5 Å². The van der Waals surface area contributed by atoms with Gasteiger partial charge < -0.3 is 0 Å². The number of aromatic nitrogens is 2. The van der Waals surface area contributed by atoms with E-state index in [2.05, 4.69) is 9.97 Å². The standard InChI is InChI=1S/C10H15N3O2S/c1-8-5-6-11-10(12-8)9-4-3-7-13(9)16(2,14)15/h5-6,9H,3-4,7H2,1-2H3/t9-/m0/s1. The van der Waals surface area contributed by atoms with Crippen molar-refractivity contribution in [2.75, 3.05) is 12.8 Å². The molecule has 1 aromatic rings. The first-order valence-corrected chi connectivity index (χ1v) is 7.09. The summed E-state index contributed by atoms with van der Waals surface area (Å²) >= 11 is 0. The Hall–Kier alpha value is -1.01. The normalized spacial score (nSPS) is 22.5. The van der Waals surface area contributed by atoms with Crippen LogP contribution in [0.3, 0.4) is 0 Å². The van der Waals surface area contributed by atoms with Gasteiger partial charge in [-0.05, 0) is 25.8 Å². The fraction of sp³-hybridized carbons (Fsp3) is 0.600. The first-order valence-electron chi connectivity index (χ1n) is 5.25. The van der Waals surface area contributed by atoms with Crippen LogP contribution < -0.4 is 0 Å². The van der Waals surface area contributed by atoms with Crippen molar-refractivity contribution in [1.82, 2.24) is 14.3 Å². The van der Waals surface area contributed by atoms with Crippen molar-refractivity contribution in [3.8, 4) is 0 Å². The zero-order valence-corrected chi connectivity index (χ0v) is 10.2. The number of nitrogens with zero attached hydrogens (tertiary/aromatic N) is 3. The van der Waals surface area contributed by atoms with Crippen LogP contribution in [0.1, 0.15) is 30.4 Å². The molecule has 2 rings (SSSR count). The molecular formula is C10H15N3O2S. The second-order valence-electron chi connectivity index (χ2n) is 4.09. The second-order valence-corrected chi connectivity index (χ2v) is 6.02. The Morgan fingerprint density at radius 2 is 2.25 bits per heavy atom. The summed E-state index contributed by atoms with van der Waals surface area (Å²) in [5.74, 6) is 0.614. The van der Waals surface area contributed by atoms with E-state index in [4.69, 9.17) is 0 Å². The van der Waals surface area contributed by atoms with Crippen LogP contribution in [-0.2, 0) is 10.0 Å². The fourth-order valence-electron chi connectivity index (χ4n) is 2.02. The van der Waals surface area contributed by atoms with Gasteiger partial charge in [0.1, 0.15) is 5.82 Å². The molecule has 0 bridgehead atoms. The van der Waals surface area contributed by atoms with Crippen LogP contribution in [0.5, 0.6) is 0 Å². The maximum absolute atomic E-state index is 11.6. The third-order valence-electron chi connectivity index (χ3n) is 2.74. The average Bonchev–Trinajstić information content (AvgIpc) is 2.65. The third kappa shape index (κ3) is 2.22. The molecule has 6 heteroatoms. The minimum absolute atomic E-state index is 0.185. The summed E-state index contributed by atoms with van der Waals surface area (Å²) < 4.78 is 24.6. The molecule has 1 aromatic heterocycles. The van der Waals surface area contributed by atoms with E-state index >= 15 is 0 Å². The molecule has 1 saturated heterocycles. The van der Waals surface area contributed by atoms with Crippen molar-refractivity contribution < 1.29 is 8.42 Å². The van der Waals surface area contributed by atoms with Gasteiger partial charge in [-0.3, -0.25) is 0 Å². The van der Waals surface area contributed by atoms with Gasteiger partial charge in [0.15, 0.2) is 0 Å². The molecule has 1 aliphatic heterocycles. The quantitative estimate of drug-likeness (QED) is 0.771. The molecular weight excluding hydrogens is 226 g/mol. The van der Waals surface area contributed by atoms with Crippen molar-refractivity contribution in [3.63, 3.8) is 0 Å². The van der Waals surface area contributed by atoms with Gasteiger partial charge in [-0.25, -0.2) is 18.4 Å². The predicted molar refractivity (Wildman–Crippen MR) is 60.3 cm³/mol. The molecule has 1 aliphatic rings. The van der Waals surface area contributed by atoms with Gasteiger partial charge in [0.05, 0.1) is 12.3 Å². The fourth-order valence-corrected chi connectivity index (χ4v) is 3.15. The minimum Gasteiger partial charge on any atom is -0.240 e. The Kier molecular flexibility index (Phi) is 2.94. The van der Waals surface area contributed by atoms with Crippen LogP contribution in [0.4, 0.5) is 0 Å². The number of rotatable bonds is 2. The van der Waals surface area contributed by atoms with Crippen LogP contribution in [0.25, 0.3) is 0 Å². The smallest absolute Gasteiger partial charge is 0.211 e. The Labute approximate surface area is 95.6 Å². The Morgan fingerprint density at radius 1 is 1.50 bits per heavy atom. The molecule has 0 amide bonds. The van der Waals surface area contributed by atoms with Crippen molar-refractivity contribution in [2.45, 2.75) is 25.8 Å². The Balaban J connectivity index is 2.34. The van der Waals surface area contributed by atoms with Gasteiger partial charge in [0.25, 0.3) is 0 Å². The summed E-state index contributed by atoms with van der Waals surface area (Å²) in [6.07, 6.45) is 4.59. The largest absolute Gasteiger partial charge is 0.240 e. The van der Waals surface area contributed by atoms with Gasteiger partial charge in [0.2, 0.25) is 10.0 Å². The van der Waals surface area contributed by atoms with E-state index in [1.165, 1.54) is 10.6 Å². The molecule has 2 heterocycles. The number of sulfonamides is 1. The molecule has 0 N–H and O–H groups in total. The topological polar surface area (TPSA) is 63.2 Å². The zero-order valence-electron chi connectivity index (χ0n) is 9.42. The zero-order chi connectivity index (χ0) is 11.8. The second kappa shape index (κ2) is 4.10. The van der Waals surface area contributed by atoms with Gasteiger partial charge in [-0.2, -0.15) is 4.31 Å². The van der Waals surface area contributed by atoms with Crippen LogP contribution in [0.2, 0.25) is 0 Å². The van der Waals surface area contributed by atoms with Crippen LogP contribution >= 0.6 is 0 Å². The summed E-state index contributed by atoms with van der Waals surface area (Å²) in [6.45, 7) is 2.45. The van der Waals surface area contributed by atoms with E-state index < -0.39 is 10.0 Å². The van der Waals surface area contributed by atoms with Crippen LogP contribution in [0.15, 0.2) is 12.3 Å². The highest BCUT2D eigenvalue weighted by molar-refractivity contribution is 7.88. The third-order valence-corrected chi connectivity index (χ3v) is 4.03. The van der Waals surface area contributed by atoms with E-state index in [0.29, 0.717) is 12.4 Å². The summed E-state index contributed by atoms with van der Waals surface area (Å²) in [5.41, 5.74) is 0.866. The first-order chi connectivity index (χ1) is 7.48. The van der Waals surface area contributed by atoms with Gasteiger partial charge in [-0.1, -0.05) is 0 Å². The van der Waals surface area contributed by atoms with E-state index in [1.807, 2.05) is 13.0 Å². The molecule has 16 heavy (non-hydrogen) atoms. The van der Waals surface area contributed by atoms with Gasteiger partial charge in [-0.15, -0.1) is 0 Å². The molecule has 0 aromatic carbocycles. The number of hydrogen-bond donors (Lipinski definition) is 0. The van der Waals surface area contributed by atoms with Crippen LogP contribution in [-0.4, -0.2) is 35.5 Å². The highest BCUT2D eigenvalue weighted by atomic mass is 32.2. The maximum atomic E-state index is 11.6. The lowest BCUT2D eigenvalue weighted by molar-refractivity contribution is 0.386. The molecule has 0 saturated carbocycles. The van der Waals surface area contributed by atoms with Crippen LogP contribution in [0, 0.1) is 6.92 Å². The molecule has 0 radical (unpaired) electrons. The SMILES string of the molecule is Cc1ccnc([C@@H]2CCCN2S(C)(=O)=O)n1. The summed E-state index contributed by atoms with van der Waals surface area (Å²) in [6, 6.07) is 1.62. The molecule has 88 valence electrons. The van der Waals surface area contributed by atoms with Crippen molar-refractivity contribution in [1.29, 1.82) is 0 Å². The summed E-state index contributed by atoms with van der Waals surface area (Å²) in [7, 11) is -3.16. The number of aryl methyl sites for hydroxylation is 1. The monoisotopic (exact) mass is 241 g/mol. The molecule has 0 unspecified atom stereocenters. The maximum Gasteiger partial charge on any atom is 0.211 e. The molecule has 1 atom stereocenters. The minimum atomic E-state index is -3.16. The summed E-state index contributed by atoms with van der Waals surface area (Å²) in [4.78, 5) is 8.47. The van der Waals surface area contributed by atoms with E-state index in [-0.39, 0.29) is 6.04 Å². The molecule has 0 spiro atoms. The lowest BCUT2D eigenvalue weighted by Crippen LogP contribution is -2.30. The van der Waals surface area contributed by atoms with Gasteiger partial charge >= 0.3 is 0 Å². The van der Waals surface area contributed by atoms with E-state index in [1.54, 1.807) is 6.20 Å². The first kappa shape index (κ1) is 11.5. The highest BCUT2D eigenvalue weighted by Crippen LogP contribution is 2.31. The molecule has 0 aliphatic carbocycles. The van der Waals surface area contributed by atoms with Crippen molar-refractivity contribution in [3.05, 3.63) is 23.8 Å². The average molecular weight is 241 g/mol. The lowest BCUT2D eigenvalue weighted by atomic mass is 10.2. The lowest BCUT2D eigenvalue weighted by Gasteiger charge is -2.20. The highest BCUT2D eigenvalue weighted by Gasteiger charge is 2.34. The van der Waals surface area contributed by atoms with Crippen molar-refractivity contribution >= 4 is 10.0 Å². The Morgan fingerprint density at radius 3 is 2.88 bits per heavy atom. The van der Waals surface area contributed by atoms with Gasteiger partial charge in [0, 0.05) is 18.4 Å². The summed E-state index contributed by atoms with van der Waals surface area (Å²) in [5, 5.41) is 0.